The summed E-state index contributed by atoms with van der Waals surface area (Å²) in [7, 11) is 1.48. The maximum Gasteiger partial charge on any atom is 0.162 e. The monoisotopic (exact) mass is 318 g/mol. The predicted octanol–water partition coefficient (Wildman–Crippen LogP) is 1.92. The molecule has 4 nitrogen and oxygen atoms in total. The van der Waals surface area contributed by atoms with Gasteiger partial charge in [-0.05, 0) is 34.7 Å². The maximum absolute atomic E-state index is 9.79. The SMILES string of the molecule is COc1cc(I)cc(C(N)CC#N)c1O. The Kier molecular flexibility index (Phi) is 4.17. The van der Waals surface area contributed by atoms with Crippen molar-refractivity contribution in [2.45, 2.75) is 12.5 Å². The van der Waals surface area contributed by atoms with Gasteiger partial charge in [-0.2, -0.15) is 5.26 Å². The van der Waals surface area contributed by atoms with Crippen molar-refractivity contribution in [1.29, 1.82) is 5.26 Å². The van der Waals surface area contributed by atoms with Crippen LogP contribution in [-0.2, 0) is 0 Å². The Balaban J connectivity index is 3.18. The molecule has 0 aliphatic heterocycles. The van der Waals surface area contributed by atoms with Gasteiger partial charge >= 0.3 is 0 Å². The molecular formula is C10H11IN2O2. The van der Waals surface area contributed by atoms with Gasteiger partial charge in [-0.3, -0.25) is 0 Å². The maximum atomic E-state index is 9.79. The molecule has 0 fully saturated rings. The smallest absolute Gasteiger partial charge is 0.162 e. The summed E-state index contributed by atoms with van der Waals surface area (Å²) in [5.41, 5.74) is 6.30. The normalized spacial score (nSPS) is 11.9. The van der Waals surface area contributed by atoms with Crippen LogP contribution in [0.5, 0.6) is 11.5 Å². The quantitative estimate of drug-likeness (QED) is 0.835. The minimum Gasteiger partial charge on any atom is -0.504 e. The Bertz CT molecular complexity index is 401. The van der Waals surface area contributed by atoms with Crippen molar-refractivity contribution < 1.29 is 9.84 Å². The minimum absolute atomic E-state index is 0.0145. The third-order valence-corrected chi connectivity index (χ3v) is 2.62. The molecule has 0 bridgehead atoms. The highest BCUT2D eigenvalue weighted by Crippen LogP contribution is 2.35. The summed E-state index contributed by atoms with van der Waals surface area (Å²) >= 11 is 2.10. The molecule has 1 rings (SSSR count). The van der Waals surface area contributed by atoms with Gasteiger partial charge in [0.05, 0.1) is 19.6 Å². The van der Waals surface area contributed by atoms with Crippen LogP contribution in [0.3, 0.4) is 0 Å². The summed E-state index contributed by atoms with van der Waals surface area (Å²) in [4.78, 5) is 0. The second kappa shape index (κ2) is 5.19. The molecule has 0 amide bonds. The van der Waals surface area contributed by atoms with E-state index in [-0.39, 0.29) is 12.2 Å². The summed E-state index contributed by atoms with van der Waals surface area (Å²) in [6.07, 6.45) is 0.163. The van der Waals surface area contributed by atoms with Crippen LogP contribution < -0.4 is 10.5 Å². The van der Waals surface area contributed by atoms with Crippen molar-refractivity contribution in [2.24, 2.45) is 5.73 Å². The lowest BCUT2D eigenvalue weighted by atomic mass is 10.0. The molecule has 0 radical (unpaired) electrons. The van der Waals surface area contributed by atoms with Crippen molar-refractivity contribution in [3.8, 4) is 17.6 Å². The fourth-order valence-corrected chi connectivity index (χ4v) is 1.86. The Morgan fingerprint density at radius 1 is 1.67 bits per heavy atom. The van der Waals surface area contributed by atoms with E-state index in [9.17, 15) is 5.11 Å². The largest absolute Gasteiger partial charge is 0.504 e. The average molecular weight is 318 g/mol. The molecule has 0 spiro atoms. The van der Waals surface area contributed by atoms with Gasteiger partial charge in [-0.15, -0.1) is 0 Å². The van der Waals surface area contributed by atoms with Crippen LogP contribution in [0.25, 0.3) is 0 Å². The first kappa shape index (κ1) is 12.1. The highest BCUT2D eigenvalue weighted by atomic mass is 127. The molecule has 0 aliphatic carbocycles. The molecule has 3 N–H and O–H groups in total. The highest BCUT2D eigenvalue weighted by molar-refractivity contribution is 14.1. The van der Waals surface area contributed by atoms with Crippen LogP contribution in [0.15, 0.2) is 12.1 Å². The first-order valence-corrected chi connectivity index (χ1v) is 5.37. The van der Waals surface area contributed by atoms with Crippen molar-refractivity contribution in [2.75, 3.05) is 7.11 Å². The number of methoxy groups -OCH3 is 1. The number of nitrogens with zero attached hydrogens (tertiary/aromatic N) is 1. The van der Waals surface area contributed by atoms with E-state index in [2.05, 4.69) is 22.6 Å². The Hall–Kier alpha value is -1.00. The predicted molar refractivity (Wildman–Crippen MR) is 64.5 cm³/mol. The number of phenolic OH excluding ortho intramolecular Hbond substituents is 1. The Morgan fingerprint density at radius 3 is 2.87 bits per heavy atom. The fraction of sp³-hybridized carbons (Fsp3) is 0.300. The molecule has 0 aromatic heterocycles. The van der Waals surface area contributed by atoms with E-state index in [1.54, 1.807) is 12.1 Å². The summed E-state index contributed by atoms with van der Waals surface area (Å²) < 4.78 is 5.91. The lowest BCUT2D eigenvalue weighted by Gasteiger charge is -2.13. The fourth-order valence-electron chi connectivity index (χ4n) is 1.24. The van der Waals surface area contributed by atoms with Crippen LogP contribution >= 0.6 is 22.6 Å². The first-order chi connectivity index (χ1) is 7.10. The van der Waals surface area contributed by atoms with E-state index < -0.39 is 6.04 Å². The number of nitriles is 1. The van der Waals surface area contributed by atoms with Crippen LogP contribution in [0.4, 0.5) is 0 Å². The molecule has 0 saturated heterocycles. The van der Waals surface area contributed by atoms with Crippen molar-refractivity contribution in [3.63, 3.8) is 0 Å². The van der Waals surface area contributed by atoms with E-state index in [0.29, 0.717) is 11.3 Å². The average Bonchev–Trinajstić information content (AvgIpc) is 2.21. The second-order valence-electron chi connectivity index (χ2n) is 3.01. The number of nitrogens with two attached hydrogens (primary N) is 1. The van der Waals surface area contributed by atoms with Gasteiger partial charge in [0.2, 0.25) is 0 Å². The Labute approximate surface area is 102 Å². The van der Waals surface area contributed by atoms with Gasteiger partial charge < -0.3 is 15.6 Å². The topological polar surface area (TPSA) is 79.3 Å². The molecule has 1 aromatic rings. The summed E-state index contributed by atoms with van der Waals surface area (Å²) in [6.45, 7) is 0. The third kappa shape index (κ3) is 2.73. The zero-order chi connectivity index (χ0) is 11.4. The number of rotatable bonds is 3. The number of hydrogen-bond donors (Lipinski definition) is 2. The van der Waals surface area contributed by atoms with Crippen molar-refractivity contribution in [3.05, 3.63) is 21.3 Å². The number of phenols is 1. The number of benzene rings is 1. The molecule has 5 heteroatoms. The summed E-state index contributed by atoms with van der Waals surface area (Å²) in [6, 6.07) is 4.94. The first-order valence-electron chi connectivity index (χ1n) is 4.29. The summed E-state index contributed by atoms with van der Waals surface area (Å²) in [5, 5.41) is 18.3. The van der Waals surface area contributed by atoms with Crippen molar-refractivity contribution >= 4 is 22.6 Å². The number of halogens is 1. The number of ether oxygens (including phenoxy) is 1. The standard InChI is InChI=1S/C10H11IN2O2/c1-15-9-5-6(11)4-7(10(9)14)8(13)2-3-12/h4-5,8,14H,2,13H2,1H3. The van der Waals surface area contributed by atoms with E-state index in [0.717, 1.165) is 3.57 Å². The van der Waals surface area contributed by atoms with E-state index in [1.165, 1.54) is 7.11 Å². The summed E-state index contributed by atoms with van der Waals surface area (Å²) in [5.74, 6) is 0.394. The molecule has 0 aliphatic rings. The lowest BCUT2D eigenvalue weighted by Crippen LogP contribution is -2.10. The van der Waals surface area contributed by atoms with E-state index >= 15 is 0 Å². The molecule has 15 heavy (non-hydrogen) atoms. The van der Waals surface area contributed by atoms with Crippen molar-refractivity contribution in [1.82, 2.24) is 0 Å². The Morgan fingerprint density at radius 2 is 2.33 bits per heavy atom. The molecule has 1 aromatic carbocycles. The van der Waals surface area contributed by atoms with Gasteiger partial charge in [0.1, 0.15) is 0 Å². The van der Waals surface area contributed by atoms with Crippen LogP contribution in [0.1, 0.15) is 18.0 Å². The molecule has 0 heterocycles. The molecular weight excluding hydrogens is 307 g/mol. The van der Waals surface area contributed by atoms with Gasteiger partial charge in [-0.25, -0.2) is 0 Å². The van der Waals surface area contributed by atoms with Crippen LogP contribution in [-0.4, -0.2) is 12.2 Å². The number of hydrogen-bond acceptors (Lipinski definition) is 4. The second-order valence-corrected chi connectivity index (χ2v) is 4.26. The molecule has 80 valence electrons. The van der Waals surface area contributed by atoms with E-state index in [4.69, 9.17) is 15.7 Å². The highest BCUT2D eigenvalue weighted by Gasteiger charge is 2.15. The van der Waals surface area contributed by atoms with Crippen LogP contribution in [0.2, 0.25) is 0 Å². The van der Waals surface area contributed by atoms with Crippen LogP contribution in [0, 0.1) is 14.9 Å². The zero-order valence-corrected chi connectivity index (χ0v) is 10.4. The number of aromatic hydroxyl groups is 1. The van der Waals surface area contributed by atoms with Gasteiger partial charge in [0.25, 0.3) is 0 Å². The molecule has 0 saturated carbocycles. The minimum atomic E-state index is -0.487. The van der Waals surface area contributed by atoms with Gasteiger partial charge in [-0.1, -0.05) is 0 Å². The van der Waals surface area contributed by atoms with Gasteiger partial charge in [0, 0.05) is 15.2 Å². The van der Waals surface area contributed by atoms with Gasteiger partial charge in [0.15, 0.2) is 11.5 Å². The molecule has 1 unspecified atom stereocenters. The lowest BCUT2D eigenvalue weighted by molar-refractivity contribution is 0.368. The zero-order valence-electron chi connectivity index (χ0n) is 8.20. The third-order valence-electron chi connectivity index (χ3n) is 2.00. The van der Waals surface area contributed by atoms with E-state index in [1.807, 2.05) is 6.07 Å². The molecule has 1 atom stereocenters.